The first kappa shape index (κ1) is 40.4. The minimum absolute atomic E-state index is 0.0256. The van der Waals surface area contributed by atoms with Gasteiger partial charge in [0.05, 0.1) is 30.2 Å². The number of aliphatic hydroxyl groups is 5. The number of ether oxygens (including phenoxy) is 1. The van der Waals surface area contributed by atoms with Crippen LogP contribution in [0.3, 0.4) is 0 Å². The number of aromatic amines is 1. The molecule has 0 spiro atoms. The lowest BCUT2D eigenvalue weighted by molar-refractivity contribution is -0.108. The Kier molecular flexibility index (Phi) is 12.9. The number of benzene rings is 1. The first-order valence-electron chi connectivity index (χ1n) is 20.9. The summed E-state index contributed by atoms with van der Waals surface area (Å²) in [7, 11) is 0. The van der Waals surface area contributed by atoms with E-state index in [4.69, 9.17) is 10.5 Å². The molecule has 0 bridgehead atoms. The van der Waals surface area contributed by atoms with Crippen LogP contribution < -0.4 is 21.1 Å². The van der Waals surface area contributed by atoms with Gasteiger partial charge < -0.3 is 56.7 Å². The molecule has 1 fully saturated rings. The van der Waals surface area contributed by atoms with Gasteiger partial charge in [0.15, 0.2) is 11.5 Å². The van der Waals surface area contributed by atoms with Gasteiger partial charge in [-0.15, -0.1) is 0 Å². The molecule has 0 unspecified atom stereocenters. The van der Waals surface area contributed by atoms with Crippen molar-refractivity contribution in [3.05, 3.63) is 82.5 Å². The first-order chi connectivity index (χ1) is 27.0. The summed E-state index contributed by atoms with van der Waals surface area (Å²) in [6.45, 7) is 4.97. The molecule has 0 amide bonds. The number of nitrogens with two attached hydrogens (primary N) is 1. The monoisotopic (exact) mass is 770 g/mol. The summed E-state index contributed by atoms with van der Waals surface area (Å²) in [6.07, 6.45) is 9.55. The average molecular weight is 771 g/mol. The van der Waals surface area contributed by atoms with Gasteiger partial charge in [-0.2, -0.15) is 0 Å². The molecule has 56 heavy (non-hydrogen) atoms. The van der Waals surface area contributed by atoms with Crippen LogP contribution in [0.4, 0.5) is 0 Å². The van der Waals surface area contributed by atoms with Crippen LogP contribution in [-0.4, -0.2) is 91.4 Å². The van der Waals surface area contributed by atoms with Gasteiger partial charge in [0.25, 0.3) is 0 Å². The van der Waals surface area contributed by atoms with E-state index in [0.29, 0.717) is 57.4 Å². The van der Waals surface area contributed by atoms with Gasteiger partial charge >= 0.3 is 0 Å². The zero-order chi connectivity index (χ0) is 39.5. The number of hydrogen-bond donors (Lipinski definition) is 10. The maximum atomic E-state index is 12.0. The number of nitrogens with one attached hydrogen (secondary N) is 3. The van der Waals surface area contributed by atoms with E-state index in [1.807, 2.05) is 30.5 Å². The molecule has 1 aliphatic heterocycles. The van der Waals surface area contributed by atoms with Gasteiger partial charge in [0.1, 0.15) is 12.2 Å². The molecule has 11 N–H and O–H groups in total. The van der Waals surface area contributed by atoms with Crippen molar-refractivity contribution in [1.29, 1.82) is 0 Å². The predicted molar refractivity (Wildman–Crippen MR) is 215 cm³/mol. The summed E-state index contributed by atoms with van der Waals surface area (Å²) in [5, 5.41) is 74.2. The summed E-state index contributed by atoms with van der Waals surface area (Å²) in [4.78, 5) is 3.32. The molecule has 0 radical (unpaired) electrons. The van der Waals surface area contributed by atoms with Gasteiger partial charge in [-0.05, 0) is 124 Å². The third kappa shape index (κ3) is 9.02. The lowest BCUT2D eigenvalue weighted by Gasteiger charge is -2.43. The van der Waals surface area contributed by atoms with Crippen LogP contribution in [0.5, 0.6) is 11.5 Å². The number of hydrogen-bond acceptors (Lipinski definition) is 10. The number of aromatic nitrogens is 1. The van der Waals surface area contributed by atoms with Gasteiger partial charge in [-0.1, -0.05) is 36.5 Å². The Morgan fingerprint density at radius 3 is 2.59 bits per heavy atom. The van der Waals surface area contributed by atoms with Crippen molar-refractivity contribution in [3.63, 3.8) is 0 Å². The highest BCUT2D eigenvalue weighted by Gasteiger charge is 2.45. The Hall–Kier alpha value is -3.76. The SMILES string of the molecule is CC[C@H]1C#C[C@H]2C=C3CCc4cc(O)c(O[C@@H]5[C@H](O)[C@@H](O)CC[C@@H]5[C@H](Cc5ccc[nH]5)C5=CCNC(N)=C5)cc4[C@@H]3C[C@@H](O)[C@H]2[C@@H](O)CC[C@H](NC[C@H](C)O)C1. The zero-order valence-corrected chi connectivity index (χ0v) is 32.8. The van der Waals surface area contributed by atoms with Crippen molar-refractivity contribution >= 4 is 0 Å². The van der Waals surface area contributed by atoms with Gasteiger partial charge in [0.2, 0.25) is 0 Å². The highest BCUT2D eigenvalue weighted by atomic mass is 16.5. The van der Waals surface area contributed by atoms with E-state index in [0.717, 1.165) is 48.1 Å². The van der Waals surface area contributed by atoms with Crippen LogP contribution in [0, 0.1) is 41.4 Å². The van der Waals surface area contributed by atoms with Crippen LogP contribution in [0.25, 0.3) is 0 Å². The minimum Gasteiger partial charge on any atom is -0.504 e. The number of aliphatic hydroxyl groups excluding tert-OH is 5. The van der Waals surface area contributed by atoms with Crippen molar-refractivity contribution in [3.8, 4) is 23.3 Å². The smallest absolute Gasteiger partial charge is 0.161 e. The van der Waals surface area contributed by atoms with Crippen LogP contribution >= 0.6 is 0 Å². The number of rotatable bonds is 10. The van der Waals surface area contributed by atoms with Crippen molar-refractivity contribution < 1.29 is 35.4 Å². The third-order valence-electron chi connectivity index (χ3n) is 13.2. The number of allylic oxidation sites excluding steroid dienone is 4. The molecular formula is C45H62N4O7. The quantitative estimate of drug-likeness (QED) is 0.126. The number of aryl methyl sites for hydroxylation is 1. The van der Waals surface area contributed by atoms with E-state index in [9.17, 15) is 30.6 Å². The van der Waals surface area contributed by atoms with Crippen molar-refractivity contribution in [2.45, 2.75) is 127 Å². The summed E-state index contributed by atoms with van der Waals surface area (Å²) in [5.41, 5.74) is 11.4. The number of H-pyrrole nitrogens is 1. The number of phenols is 1. The predicted octanol–water partition coefficient (Wildman–Crippen LogP) is 3.65. The molecule has 7 rings (SSSR count). The summed E-state index contributed by atoms with van der Waals surface area (Å²) in [6, 6.07) is 7.74. The number of dihydropyridines is 1. The number of fused-ring (bicyclic) bond motifs is 4. The molecule has 0 saturated heterocycles. The largest absolute Gasteiger partial charge is 0.504 e. The Bertz CT molecular complexity index is 1810. The molecule has 4 aliphatic carbocycles. The lowest BCUT2D eigenvalue weighted by atomic mass is 9.70. The van der Waals surface area contributed by atoms with E-state index in [2.05, 4.69) is 46.5 Å². The fraction of sp³-hybridized carbons (Fsp3) is 0.600. The highest BCUT2D eigenvalue weighted by molar-refractivity contribution is 5.52. The molecule has 2 heterocycles. The topological polar surface area (TPSA) is 196 Å². The molecule has 304 valence electrons. The Balaban J connectivity index is 1.19. The zero-order valence-electron chi connectivity index (χ0n) is 32.8. The Morgan fingerprint density at radius 2 is 1.84 bits per heavy atom. The third-order valence-corrected chi connectivity index (χ3v) is 13.2. The van der Waals surface area contributed by atoms with E-state index in [1.54, 1.807) is 13.0 Å². The summed E-state index contributed by atoms with van der Waals surface area (Å²) in [5.74, 6) is 6.73. The van der Waals surface area contributed by atoms with Gasteiger partial charge in [-0.3, -0.25) is 0 Å². The minimum atomic E-state index is -1.19. The summed E-state index contributed by atoms with van der Waals surface area (Å²) >= 11 is 0. The fourth-order valence-electron chi connectivity index (χ4n) is 10.1. The molecule has 11 heteroatoms. The fourth-order valence-corrected chi connectivity index (χ4v) is 10.1. The second kappa shape index (κ2) is 17.8. The molecule has 2 aromatic rings. The number of aromatic hydroxyl groups is 1. The standard InChI is InChI=1S/C45H62N4O7/c1-3-26-6-7-30-18-27-8-9-28-19-39(53)41(23-36(28)35(27)22-40(54)43(30)37(51)12-10-32(17-26)49-24-25(2)50)56-45-33(11-13-38(52)44(45)55)34(21-31-5-4-15-47-31)29-14-16-48-42(46)20-29/h4-5,14-15,18-20,23,25-26,30,32-35,37-38,40,43-45,47-55H,3,8-13,16-17,21-22,24,46H2,1-2H3/t25-,26-,30-,32-,33+,34+,35+,37-,38-,40+,43+,44+,45-/m0/s1. The van der Waals surface area contributed by atoms with Crippen LogP contribution in [0.1, 0.15) is 88.0 Å². The lowest BCUT2D eigenvalue weighted by Crippen LogP contribution is -2.52. The Labute approximate surface area is 331 Å². The van der Waals surface area contributed by atoms with Crippen molar-refractivity contribution in [2.75, 3.05) is 13.1 Å². The maximum Gasteiger partial charge on any atom is 0.161 e. The van der Waals surface area contributed by atoms with E-state index < -0.39 is 42.5 Å². The summed E-state index contributed by atoms with van der Waals surface area (Å²) < 4.78 is 6.71. The molecule has 13 atom stereocenters. The highest BCUT2D eigenvalue weighted by Crippen LogP contribution is 2.49. The van der Waals surface area contributed by atoms with Crippen molar-refractivity contribution in [1.82, 2.24) is 15.6 Å². The average Bonchev–Trinajstić information content (AvgIpc) is 3.64. The Morgan fingerprint density at radius 1 is 1.02 bits per heavy atom. The van der Waals surface area contributed by atoms with Crippen LogP contribution in [0.15, 0.2) is 65.7 Å². The van der Waals surface area contributed by atoms with Crippen LogP contribution in [0.2, 0.25) is 0 Å². The van der Waals surface area contributed by atoms with E-state index >= 15 is 0 Å². The molecule has 1 aromatic carbocycles. The van der Waals surface area contributed by atoms with Gasteiger partial charge in [0, 0.05) is 60.6 Å². The van der Waals surface area contributed by atoms with Gasteiger partial charge in [-0.25, -0.2) is 0 Å². The second-order valence-electron chi connectivity index (χ2n) is 17.0. The maximum absolute atomic E-state index is 12.0. The van der Waals surface area contributed by atoms with E-state index in [-0.39, 0.29) is 47.1 Å². The van der Waals surface area contributed by atoms with Crippen molar-refractivity contribution in [2.24, 2.45) is 35.3 Å². The molecular weight excluding hydrogens is 709 g/mol. The number of phenolic OH excluding ortho intramolecular Hbond substituents is 1. The normalized spacial score (nSPS) is 34.3. The molecule has 1 saturated carbocycles. The second-order valence-corrected chi connectivity index (χ2v) is 17.0. The molecule has 11 nitrogen and oxygen atoms in total. The first-order valence-corrected chi connectivity index (χ1v) is 20.9. The molecule has 1 aromatic heterocycles. The molecule has 5 aliphatic rings. The van der Waals surface area contributed by atoms with E-state index in [1.165, 1.54) is 5.57 Å². The van der Waals surface area contributed by atoms with Crippen LogP contribution in [-0.2, 0) is 12.8 Å².